The molecule has 0 radical (unpaired) electrons. The molecule has 8 heteroatoms. The normalized spacial score (nSPS) is 7.38. The average molecular weight is 227 g/mol. The third kappa shape index (κ3) is 108. The molecule has 0 unspecified atom stereocenters. The summed E-state index contributed by atoms with van der Waals surface area (Å²) in [5.41, 5.74) is 0. The Morgan fingerprint density at radius 3 is 1.25 bits per heavy atom. The van der Waals surface area contributed by atoms with Gasteiger partial charge < -0.3 is 16.1 Å². The van der Waals surface area contributed by atoms with Crippen LogP contribution in [0.15, 0.2) is 0 Å². The van der Waals surface area contributed by atoms with Crippen LogP contribution in [0.2, 0.25) is 0 Å². The molecule has 0 rings (SSSR count). The summed E-state index contributed by atoms with van der Waals surface area (Å²) in [6.07, 6.45) is 0. The fourth-order valence-corrected chi connectivity index (χ4v) is 0. The Balaban J connectivity index is -0.0000000133. The standard InChI is InChI=1S/Fe.Li.H3O4P.Zn.H/c;;1-5(2,3)4;;/h;;(H3,1,2,3,4);;/q;+1;;;-1. The van der Waals surface area contributed by atoms with Crippen molar-refractivity contribution in [2.75, 3.05) is 0 Å². The summed E-state index contributed by atoms with van der Waals surface area (Å²) < 4.78 is 8.88. The minimum atomic E-state index is -4.64. The van der Waals surface area contributed by atoms with Crippen LogP contribution in [-0.2, 0) is 41.1 Å². The molecular weight excluding hydrogens is 223 g/mol. The number of rotatable bonds is 0. The molecule has 0 aromatic rings. The van der Waals surface area contributed by atoms with E-state index in [-0.39, 0.29) is 56.8 Å². The molecule has 44 valence electrons. The molecule has 0 saturated carbocycles. The van der Waals surface area contributed by atoms with E-state index in [0.717, 1.165) is 0 Å². The van der Waals surface area contributed by atoms with Gasteiger partial charge in [0.2, 0.25) is 0 Å². The topological polar surface area (TPSA) is 77.8 Å². The van der Waals surface area contributed by atoms with Gasteiger partial charge in [0, 0.05) is 36.5 Å². The molecule has 0 heterocycles. The van der Waals surface area contributed by atoms with Gasteiger partial charge in [-0.25, -0.2) is 4.57 Å². The maximum absolute atomic E-state index is 8.88. The molecule has 0 aliphatic heterocycles. The van der Waals surface area contributed by atoms with E-state index in [4.69, 9.17) is 19.2 Å². The monoisotopic (exact) mass is 226 g/mol. The van der Waals surface area contributed by atoms with Crippen LogP contribution in [0.4, 0.5) is 0 Å². The van der Waals surface area contributed by atoms with Crippen molar-refractivity contribution in [1.82, 2.24) is 0 Å². The Bertz CT molecular complexity index is 66.7. The fourth-order valence-electron chi connectivity index (χ4n) is 0. The van der Waals surface area contributed by atoms with Gasteiger partial charge in [0.1, 0.15) is 0 Å². The van der Waals surface area contributed by atoms with Gasteiger partial charge in [0.15, 0.2) is 0 Å². The third-order valence-electron chi connectivity index (χ3n) is 0. The molecular formula is H4FeLiO4PZn. The molecule has 0 atom stereocenters. The molecule has 0 bridgehead atoms. The van der Waals surface area contributed by atoms with Crippen molar-refractivity contribution >= 4 is 7.82 Å². The van der Waals surface area contributed by atoms with E-state index >= 15 is 0 Å². The largest absolute Gasteiger partial charge is 1.00 e. The molecule has 0 fully saturated rings. The van der Waals surface area contributed by atoms with Gasteiger partial charge in [0.05, 0.1) is 0 Å². The van der Waals surface area contributed by atoms with E-state index in [0.29, 0.717) is 0 Å². The van der Waals surface area contributed by atoms with Crippen LogP contribution in [0.1, 0.15) is 1.43 Å². The summed E-state index contributed by atoms with van der Waals surface area (Å²) in [6.45, 7) is 0. The molecule has 4 nitrogen and oxygen atoms in total. The minimum Gasteiger partial charge on any atom is -1.00 e. The van der Waals surface area contributed by atoms with Crippen LogP contribution >= 0.6 is 7.82 Å². The first-order valence-corrected chi connectivity index (χ1v) is 2.35. The smallest absolute Gasteiger partial charge is 1.00 e. The van der Waals surface area contributed by atoms with Gasteiger partial charge in [-0.1, -0.05) is 0 Å². The van der Waals surface area contributed by atoms with Crippen LogP contribution in [0.5, 0.6) is 0 Å². The zero-order valence-corrected chi connectivity index (χ0v) is 9.22. The van der Waals surface area contributed by atoms with Crippen molar-refractivity contribution in [2.45, 2.75) is 0 Å². The summed E-state index contributed by atoms with van der Waals surface area (Å²) in [4.78, 5) is 21.6. The van der Waals surface area contributed by atoms with Crippen molar-refractivity contribution in [1.29, 1.82) is 0 Å². The molecule has 0 aromatic heterocycles. The van der Waals surface area contributed by atoms with E-state index in [1.807, 2.05) is 0 Å². The molecule has 0 aliphatic carbocycles. The van der Waals surface area contributed by atoms with Gasteiger partial charge in [-0.15, -0.1) is 0 Å². The quantitative estimate of drug-likeness (QED) is 0.293. The Kier molecular flexibility index (Phi) is 24.9. The Hall–Kier alpha value is 1.85. The van der Waals surface area contributed by atoms with Crippen molar-refractivity contribution in [3.63, 3.8) is 0 Å². The Labute approximate surface area is 83.6 Å². The molecule has 0 amide bonds. The van der Waals surface area contributed by atoms with E-state index in [2.05, 4.69) is 0 Å². The zero-order chi connectivity index (χ0) is 4.50. The minimum absolute atomic E-state index is 0. The summed E-state index contributed by atoms with van der Waals surface area (Å²) in [6, 6.07) is 0. The molecule has 0 aromatic carbocycles. The third-order valence-corrected chi connectivity index (χ3v) is 0. The molecule has 3 N–H and O–H groups in total. The maximum atomic E-state index is 8.88. The zero-order valence-electron chi connectivity index (χ0n) is 5.26. The summed E-state index contributed by atoms with van der Waals surface area (Å²) >= 11 is 0. The van der Waals surface area contributed by atoms with Gasteiger partial charge in [-0.05, 0) is 0 Å². The molecule has 0 saturated heterocycles. The first kappa shape index (κ1) is 22.5. The van der Waals surface area contributed by atoms with Crippen molar-refractivity contribution < 1.29 is 76.1 Å². The first-order chi connectivity index (χ1) is 2.00. The summed E-state index contributed by atoms with van der Waals surface area (Å²) in [5.74, 6) is 0. The van der Waals surface area contributed by atoms with E-state index in [9.17, 15) is 0 Å². The van der Waals surface area contributed by atoms with E-state index in [1.54, 1.807) is 0 Å². The van der Waals surface area contributed by atoms with Crippen molar-refractivity contribution in [3.8, 4) is 0 Å². The van der Waals surface area contributed by atoms with Gasteiger partial charge in [-0.2, -0.15) is 0 Å². The molecule has 0 spiro atoms. The molecule has 0 aliphatic rings. The average Bonchev–Trinajstić information content (AvgIpc) is 0.722. The second-order valence-corrected chi connectivity index (χ2v) is 1.54. The SMILES string of the molecule is O=P(O)(O)O.[Fe].[H-].[Li+].[Zn]. The van der Waals surface area contributed by atoms with Crippen LogP contribution < -0.4 is 18.9 Å². The van der Waals surface area contributed by atoms with Crippen molar-refractivity contribution in [2.24, 2.45) is 0 Å². The fraction of sp³-hybridized carbons (Fsp3) is 0. The summed E-state index contributed by atoms with van der Waals surface area (Å²) in [5, 5.41) is 0. The maximum Gasteiger partial charge on any atom is 1.00 e. The van der Waals surface area contributed by atoms with Gasteiger partial charge in [0.25, 0.3) is 0 Å². The molecule has 8 heavy (non-hydrogen) atoms. The van der Waals surface area contributed by atoms with Crippen LogP contribution in [0.25, 0.3) is 0 Å². The number of hydrogen-bond donors (Lipinski definition) is 3. The Morgan fingerprint density at radius 2 is 1.25 bits per heavy atom. The number of hydrogen-bond acceptors (Lipinski definition) is 1. The van der Waals surface area contributed by atoms with Crippen LogP contribution in [0.3, 0.4) is 0 Å². The van der Waals surface area contributed by atoms with Crippen LogP contribution in [-0.4, -0.2) is 14.7 Å². The van der Waals surface area contributed by atoms with Crippen LogP contribution in [0, 0.1) is 0 Å². The van der Waals surface area contributed by atoms with E-state index in [1.165, 1.54) is 0 Å². The second-order valence-electron chi connectivity index (χ2n) is 0.513. The second kappa shape index (κ2) is 8.85. The first-order valence-electron chi connectivity index (χ1n) is 0.783. The van der Waals surface area contributed by atoms with Gasteiger partial charge >= 0.3 is 26.7 Å². The Morgan fingerprint density at radius 1 is 1.25 bits per heavy atom. The van der Waals surface area contributed by atoms with Gasteiger partial charge in [-0.3, -0.25) is 0 Å². The summed E-state index contributed by atoms with van der Waals surface area (Å²) in [7, 11) is -4.64. The predicted molar refractivity (Wildman–Crippen MR) is 15.4 cm³/mol. The van der Waals surface area contributed by atoms with Crippen molar-refractivity contribution in [3.05, 3.63) is 0 Å². The van der Waals surface area contributed by atoms with E-state index < -0.39 is 7.82 Å². The number of phosphoric acid groups is 1. The predicted octanol–water partition coefficient (Wildman–Crippen LogP) is -3.82.